The Hall–Kier alpha value is -3.23. The summed E-state index contributed by atoms with van der Waals surface area (Å²) in [6.45, 7) is 4.27. The highest BCUT2D eigenvalue weighted by Crippen LogP contribution is 2.32. The van der Waals surface area contributed by atoms with Crippen molar-refractivity contribution in [2.75, 3.05) is 13.7 Å². The van der Waals surface area contributed by atoms with Gasteiger partial charge < -0.3 is 9.47 Å². The van der Waals surface area contributed by atoms with Gasteiger partial charge in [-0.3, -0.25) is 20.2 Å². The Kier molecular flexibility index (Phi) is 7.46. The van der Waals surface area contributed by atoms with Gasteiger partial charge in [0.2, 0.25) is 0 Å². The lowest BCUT2D eigenvalue weighted by molar-refractivity contribution is -0.394. The molecular weight excluding hydrogens is 380 g/mol. The number of benzene rings is 1. The Balaban J connectivity index is 1.93. The zero-order chi connectivity index (χ0) is 21.6. The fraction of sp³-hybridized carbons (Fsp3) is 0.450. The lowest BCUT2D eigenvalue weighted by Gasteiger charge is -2.23. The number of allylic oxidation sites excluding steroid dienone is 3. The topological polar surface area (TPSA) is 122 Å². The van der Waals surface area contributed by atoms with E-state index in [9.17, 15) is 25.0 Å². The van der Waals surface area contributed by atoms with Gasteiger partial charge in [0.05, 0.1) is 41.0 Å². The molecule has 0 saturated carbocycles. The molecule has 156 valence electrons. The van der Waals surface area contributed by atoms with Crippen LogP contribution in [0.5, 0.6) is 0 Å². The molecule has 0 aliphatic heterocycles. The van der Waals surface area contributed by atoms with Crippen LogP contribution in [-0.2, 0) is 9.47 Å². The Morgan fingerprint density at radius 2 is 1.79 bits per heavy atom. The molecule has 1 aromatic carbocycles. The SMILES string of the molecule is COC1=C(C(C)CCCOC(=O)c2cc([N+](=O)[O-])cc([N+](=O)[O-])c2)CC=C(C)C1. The highest BCUT2D eigenvalue weighted by Gasteiger charge is 2.21. The molecule has 1 aliphatic rings. The summed E-state index contributed by atoms with van der Waals surface area (Å²) in [7, 11) is 1.67. The number of nitrogens with zero attached hydrogens (tertiary/aromatic N) is 2. The summed E-state index contributed by atoms with van der Waals surface area (Å²) in [5, 5.41) is 21.8. The molecule has 0 fully saturated rings. The molecule has 1 aromatic rings. The van der Waals surface area contributed by atoms with Crippen molar-refractivity contribution >= 4 is 17.3 Å². The van der Waals surface area contributed by atoms with Crippen molar-refractivity contribution in [2.45, 2.75) is 39.5 Å². The van der Waals surface area contributed by atoms with Crippen molar-refractivity contribution < 1.29 is 24.1 Å². The van der Waals surface area contributed by atoms with E-state index >= 15 is 0 Å². The molecule has 1 aliphatic carbocycles. The molecule has 9 heteroatoms. The van der Waals surface area contributed by atoms with Crippen molar-refractivity contribution in [1.82, 2.24) is 0 Å². The molecule has 1 atom stereocenters. The van der Waals surface area contributed by atoms with Gasteiger partial charge in [-0.15, -0.1) is 0 Å². The van der Waals surface area contributed by atoms with Crippen LogP contribution in [0.15, 0.2) is 41.2 Å². The van der Waals surface area contributed by atoms with E-state index in [1.807, 2.05) is 0 Å². The molecular formula is C20H24N2O7. The van der Waals surface area contributed by atoms with Crippen LogP contribution in [0.4, 0.5) is 11.4 Å². The van der Waals surface area contributed by atoms with Gasteiger partial charge in [-0.25, -0.2) is 4.79 Å². The smallest absolute Gasteiger partial charge is 0.338 e. The van der Waals surface area contributed by atoms with Gasteiger partial charge in [-0.1, -0.05) is 18.6 Å². The van der Waals surface area contributed by atoms with E-state index in [0.29, 0.717) is 6.42 Å². The van der Waals surface area contributed by atoms with Gasteiger partial charge in [0.15, 0.2) is 0 Å². The highest BCUT2D eigenvalue weighted by molar-refractivity contribution is 5.91. The summed E-state index contributed by atoms with van der Waals surface area (Å²) in [6.07, 6.45) is 5.19. The second kappa shape index (κ2) is 9.81. The number of nitro groups is 2. The van der Waals surface area contributed by atoms with Crippen LogP contribution in [-0.4, -0.2) is 29.5 Å². The molecule has 0 radical (unpaired) electrons. The van der Waals surface area contributed by atoms with Gasteiger partial charge in [0.1, 0.15) is 0 Å². The number of non-ortho nitro benzene ring substituents is 2. The van der Waals surface area contributed by atoms with Gasteiger partial charge >= 0.3 is 5.97 Å². The lowest BCUT2D eigenvalue weighted by atomic mass is 9.87. The van der Waals surface area contributed by atoms with E-state index in [0.717, 1.165) is 43.2 Å². The van der Waals surface area contributed by atoms with Crippen molar-refractivity contribution in [3.63, 3.8) is 0 Å². The number of ether oxygens (including phenoxy) is 2. The zero-order valence-electron chi connectivity index (χ0n) is 16.7. The summed E-state index contributed by atoms with van der Waals surface area (Å²) in [4.78, 5) is 32.4. The predicted molar refractivity (Wildman–Crippen MR) is 105 cm³/mol. The molecule has 0 bridgehead atoms. The third-order valence-electron chi connectivity index (χ3n) is 4.88. The summed E-state index contributed by atoms with van der Waals surface area (Å²) in [5.41, 5.74) is 1.24. The average molecular weight is 404 g/mol. The molecule has 29 heavy (non-hydrogen) atoms. The van der Waals surface area contributed by atoms with E-state index in [2.05, 4.69) is 19.9 Å². The first kappa shape index (κ1) is 22.1. The first-order chi connectivity index (χ1) is 13.7. The molecule has 0 spiro atoms. The van der Waals surface area contributed by atoms with Crippen LogP contribution in [0.2, 0.25) is 0 Å². The quantitative estimate of drug-likeness (QED) is 0.192. The standard InChI is InChI=1S/C20H24N2O7/c1-13-6-7-18(19(9-13)28-3)14(2)5-4-8-29-20(23)15-10-16(21(24)25)12-17(11-15)22(26)27/h6,10-12,14H,4-5,7-9H2,1-3H3. The summed E-state index contributed by atoms with van der Waals surface area (Å²) in [5.74, 6) is 0.419. The first-order valence-electron chi connectivity index (χ1n) is 9.25. The Morgan fingerprint density at radius 3 is 2.34 bits per heavy atom. The van der Waals surface area contributed by atoms with Crippen molar-refractivity contribution in [3.8, 4) is 0 Å². The molecule has 9 nitrogen and oxygen atoms in total. The summed E-state index contributed by atoms with van der Waals surface area (Å²) >= 11 is 0. The minimum Gasteiger partial charge on any atom is -0.501 e. The fourth-order valence-corrected chi connectivity index (χ4v) is 3.25. The minimum absolute atomic E-state index is 0.115. The number of carbonyl (C=O) groups excluding carboxylic acids is 1. The Labute approximate surface area is 168 Å². The van der Waals surface area contributed by atoms with E-state index in [1.54, 1.807) is 7.11 Å². The third kappa shape index (κ3) is 5.87. The highest BCUT2D eigenvalue weighted by atomic mass is 16.6. The number of nitro benzene ring substituents is 2. The third-order valence-corrected chi connectivity index (χ3v) is 4.88. The zero-order valence-corrected chi connectivity index (χ0v) is 16.7. The molecule has 0 heterocycles. The number of methoxy groups -OCH3 is 1. The van der Waals surface area contributed by atoms with E-state index < -0.39 is 27.2 Å². The summed E-state index contributed by atoms with van der Waals surface area (Å²) < 4.78 is 10.7. The molecule has 1 unspecified atom stereocenters. The van der Waals surface area contributed by atoms with Crippen molar-refractivity contribution in [1.29, 1.82) is 0 Å². The van der Waals surface area contributed by atoms with Crippen LogP contribution in [0.1, 0.15) is 49.9 Å². The van der Waals surface area contributed by atoms with Crippen molar-refractivity contribution in [3.05, 3.63) is 67.0 Å². The number of rotatable bonds is 9. The molecule has 0 amide bonds. The van der Waals surface area contributed by atoms with Crippen LogP contribution in [0.3, 0.4) is 0 Å². The van der Waals surface area contributed by atoms with Gasteiger partial charge in [0, 0.05) is 18.6 Å². The van der Waals surface area contributed by atoms with Crippen molar-refractivity contribution in [2.24, 2.45) is 5.92 Å². The fourth-order valence-electron chi connectivity index (χ4n) is 3.25. The maximum absolute atomic E-state index is 12.2. The minimum atomic E-state index is -0.822. The number of hydrogen-bond donors (Lipinski definition) is 0. The molecule has 2 rings (SSSR count). The number of esters is 1. The summed E-state index contributed by atoms with van der Waals surface area (Å²) in [6, 6.07) is 2.76. The van der Waals surface area contributed by atoms with Gasteiger partial charge in [-0.2, -0.15) is 0 Å². The van der Waals surface area contributed by atoms with Crippen LogP contribution in [0.25, 0.3) is 0 Å². The monoisotopic (exact) mass is 404 g/mol. The van der Waals surface area contributed by atoms with Crippen LogP contribution in [0, 0.1) is 26.1 Å². The molecule has 0 aromatic heterocycles. The van der Waals surface area contributed by atoms with Gasteiger partial charge in [-0.05, 0) is 37.7 Å². The van der Waals surface area contributed by atoms with Crippen LogP contribution < -0.4 is 0 Å². The first-order valence-corrected chi connectivity index (χ1v) is 9.25. The van der Waals surface area contributed by atoms with Gasteiger partial charge in [0.25, 0.3) is 11.4 Å². The maximum atomic E-state index is 12.2. The number of hydrogen-bond acceptors (Lipinski definition) is 7. The van der Waals surface area contributed by atoms with Crippen LogP contribution >= 0.6 is 0 Å². The lowest BCUT2D eigenvalue weighted by Crippen LogP contribution is -2.11. The van der Waals surface area contributed by atoms with E-state index in [1.165, 1.54) is 11.1 Å². The average Bonchev–Trinajstić information content (AvgIpc) is 2.70. The predicted octanol–water partition coefficient (Wildman–Crippen LogP) is 4.72. The second-order valence-electron chi connectivity index (χ2n) is 7.02. The van der Waals surface area contributed by atoms with E-state index in [4.69, 9.17) is 9.47 Å². The molecule has 0 saturated heterocycles. The Morgan fingerprint density at radius 1 is 1.17 bits per heavy atom. The number of carbonyl (C=O) groups is 1. The maximum Gasteiger partial charge on any atom is 0.338 e. The largest absolute Gasteiger partial charge is 0.501 e. The van der Waals surface area contributed by atoms with E-state index in [-0.39, 0.29) is 18.1 Å². The Bertz CT molecular complexity index is 841. The molecule has 0 N–H and O–H groups in total. The second-order valence-corrected chi connectivity index (χ2v) is 7.02. The normalized spacial score (nSPS) is 14.8.